The van der Waals surface area contributed by atoms with E-state index >= 15 is 0 Å². The van der Waals surface area contributed by atoms with E-state index in [0.29, 0.717) is 5.66 Å². The standard InChI is InChI=1S/C3H10NP/c1-3(5)2-4/h3H,2,4-5H2,1H3. The Balaban J connectivity index is 2.54. The van der Waals surface area contributed by atoms with E-state index in [2.05, 4.69) is 16.2 Å². The second-order valence-electron chi connectivity index (χ2n) is 1.21. The summed E-state index contributed by atoms with van der Waals surface area (Å²) in [6, 6.07) is 0. The van der Waals surface area contributed by atoms with Gasteiger partial charge in [0.15, 0.2) is 0 Å². The summed E-state index contributed by atoms with van der Waals surface area (Å²) in [4.78, 5) is 0. The van der Waals surface area contributed by atoms with Crippen molar-refractivity contribution in [3.8, 4) is 0 Å². The van der Waals surface area contributed by atoms with Crippen molar-refractivity contribution in [2.24, 2.45) is 5.73 Å². The Morgan fingerprint density at radius 1 is 2.00 bits per heavy atom. The van der Waals surface area contributed by atoms with Crippen LogP contribution >= 0.6 is 9.24 Å². The molecule has 2 heteroatoms. The zero-order valence-corrected chi connectivity index (χ0v) is 4.59. The summed E-state index contributed by atoms with van der Waals surface area (Å²) in [7, 11) is 2.61. The van der Waals surface area contributed by atoms with Crippen molar-refractivity contribution in [3.05, 3.63) is 0 Å². The Morgan fingerprint density at radius 3 is 2.20 bits per heavy atom. The van der Waals surface area contributed by atoms with Crippen molar-refractivity contribution >= 4 is 9.24 Å². The van der Waals surface area contributed by atoms with E-state index in [-0.39, 0.29) is 0 Å². The largest absolute Gasteiger partial charge is 0.330 e. The molecule has 2 unspecified atom stereocenters. The summed E-state index contributed by atoms with van der Waals surface area (Å²) in [6.07, 6.45) is 0. The Kier molecular flexibility index (Phi) is 2.82. The quantitative estimate of drug-likeness (QED) is 0.458. The molecule has 1 nitrogen and oxygen atoms in total. The van der Waals surface area contributed by atoms with Gasteiger partial charge in [-0.05, 0) is 12.2 Å². The number of nitrogens with two attached hydrogens (primary N) is 1. The molecule has 0 saturated carbocycles. The normalized spacial score (nSPS) is 15.0. The maximum Gasteiger partial charge on any atom is -0.00168 e. The maximum atomic E-state index is 5.15. The molecule has 0 fully saturated rings. The first-order valence-electron chi connectivity index (χ1n) is 1.73. The molecule has 0 heterocycles. The van der Waals surface area contributed by atoms with Crippen molar-refractivity contribution < 1.29 is 0 Å². The lowest BCUT2D eigenvalue weighted by Gasteiger charge is -1.91. The summed E-state index contributed by atoms with van der Waals surface area (Å²) in [5, 5.41) is 0. The first kappa shape index (κ1) is 5.39. The molecule has 0 aromatic rings. The topological polar surface area (TPSA) is 26.0 Å². The maximum absolute atomic E-state index is 5.15. The van der Waals surface area contributed by atoms with Gasteiger partial charge in [0, 0.05) is 0 Å². The van der Waals surface area contributed by atoms with Gasteiger partial charge >= 0.3 is 0 Å². The third-order valence-corrected chi connectivity index (χ3v) is 0.644. The van der Waals surface area contributed by atoms with Crippen molar-refractivity contribution in [1.82, 2.24) is 0 Å². The van der Waals surface area contributed by atoms with Crippen molar-refractivity contribution in [1.29, 1.82) is 0 Å². The number of hydrogen-bond acceptors (Lipinski definition) is 1. The fourth-order valence-electron chi connectivity index (χ4n) is 0. The Bertz CT molecular complexity index is 20.9. The summed E-state index contributed by atoms with van der Waals surface area (Å²) < 4.78 is 0. The lowest BCUT2D eigenvalue weighted by Crippen LogP contribution is -2.08. The van der Waals surface area contributed by atoms with E-state index in [1.54, 1.807) is 0 Å². The van der Waals surface area contributed by atoms with Gasteiger partial charge in [0.1, 0.15) is 0 Å². The van der Waals surface area contributed by atoms with Crippen LogP contribution in [0.2, 0.25) is 0 Å². The smallest absolute Gasteiger partial charge is 0.00168 e. The van der Waals surface area contributed by atoms with Crippen molar-refractivity contribution in [2.75, 3.05) is 6.54 Å². The van der Waals surface area contributed by atoms with Gasteiger partial charge in [0.25, 0.3) is 0 Å². The lowest BCUT2D eigenvalue weighted by atomic mass is 10.5. The highest BCUT2D eigenvalue weighted by atomic mass is 31.0. The third-order valence-electron chi connectivity index (χ3n) is 0.372. The third kappa shape index (κ3) is 4.39. The zero-order valence-electron chi connectivity index (χ0n) is 3.44. The van der Waals surface area contributed by atoms with E-state index in [0.717, 1.165) is 6.54 Å². The molecular weight excluding hydrogens is 81.0 g/mol. The van der Waals surface area contributed by atoms with E-state index in [1.807, 2.05) is 0 Å². The highest BCUT2D eigenvalue weighted by molar-refractivity contribution is 7.17. The lowest BCUT2D eigenvalue weighted by molar-refractivity contribution is 0.954. The molecule has 0 radical (unpaired) electrons. The molecule has 0 saturated heterocycles. The minimum Gasteiger partial charge on any atom is -0.330 e. The monoisotopic (exact) mass is 91.1 g/mol. The summed E-state index contributed by atoms with van der Waals surface area (Å²) in [6.45, 7) is 2.83. The molecule has 0 aromatic carbocycles. The van der Waals surface area contributed by atoms with Gasteiger partial charge in [-0.3, -0.25) is 0 Å². The van der Waals surface area contributed by atoms with Crippen LogP contribution < -0.4 is 5.73 Å². The zero-order chi connectivity index (χ0) is 4.28. The average molecular weight is 91.1 g/mol. The second kappa shape index (κ2) is 2.62. The second-order valence-corrected chi connectivity index (χ2v) is 2.35. The molecule has 0 amide bonds. The van der Waals surface area contributed by atoms with Crippen LogP contribution in [0.4, 0.5) is 0 Å². The van der Waals surface area contributed by atoms with E-state index in [4.69, 9.17) is 5.73 Å². The number of rotatable bonds is 1. The van der Waals surface area contributed by atoms with Crippen molar-refractivity contribution in [2.45, 2.75) is 12.6 Å². The van der Waals surface area contributed by atoms with Crippen LogP contribution in [0.1, 0.15) is 6.92 Å². The van der Waals surface area contributed by atoms with Crippen LogP contribution in [-0.4, -0.2) is 12.2 Å². The van der Waals surface area contributed by atoms with Crippen LogP contribution in [0.25, 0.3) is 0 Å². The van der Waals surface area contributed by atoms with Gasteiger partial charge in [0.2, 0.25) is 0 Å². The fraction of sp³-hybridized carbons (Fsp3) is 1.00. The predicted octanol–water partition coefficient (Wildman–Crippen LogP) is 0.209. The van der Waals surface area contributed by atoms with Gasteiger partial charge in [-0.15, -0.1) is 9.24 Å². The van der Waals surface area contributed by atoms with Crippen LogP contribution in [-0.2, 0) is 0 Å². The Labute approximate surface area is 35.1 Å². The molecule has 0 aliphatic heterocycles. The van der Waals surface area contributed by atoms with Crippen molar-refractivity contribution in [3.63, 3.8) is 0 Å². The van der Waals surface area contributed by atoms with E-state index in [1.165, 1.54) is 0 Å². The molecule has 5 heavy (non-hydrogen) atoms. The molecule has 0 spiro atoms. The van der Waals surface area contributed by atoms with Crippen LogP contribution in [0.3, 0.4) is 0 Å². The minimum atomic E-state index is 0.579. The van der Waals surface area contributed by atoms with Crippen LogP contribution in [0.15, 0.2) is 0 Å². The molecule has 0 bridgehead atoms. The fourth-order valence-corrected chi connectivity index (χ4v) is 0. The minimum absolute atomic E-state index is 0.579. The molecular formula is C3H10NP. The Morgan fingerprint density at radius 2 is 2.20 bits per heavy atom. The SMILES string of the molecule is CC(P)CN. The summed E-state index contributed by atoms with van der Waals surface area (Å²) in [5.74, 6) is 0. The van der Waals surface area contributed by atoms with Gasteiger partial charge in [0.05, 0.1) is 0 Å². The molecule has 0 aliphatic rings. The van der Waals surface area contributed by atoms with E-state index in [9.17, 15) is 0 Å². The van der Waals surface area contributed by atoms with Gasteiger partial charge in [-0.25, -0.2) is 0 Å². The van der Waals surface area contributed by atoms with E-state index < -0.39 is 0 Å². The van der Waals surface area contributed by atoms with Gasteiger partial charge in [-0.2, -0.15) is 0 Å². The van der Waals surface area contributed by atoms with Gasteiger partial charge in [-0.1, -0.05) is 6.92 Å². The summed E-state index contributed by atoms with van der Waals surface area (Å²) >= 11 is 0. The molecule has 32 valence electrons. The predicted molar refractivity (Wildman–Crippen MR) is 28.2 cm³/mol. The highest BCUT2D eigenvalue weighted by Crippen LogP contribution is 1.90. The first-order chi connectivity index (χ1) is 2.27. The van der Waals surface area contributed by atoms with Crippen LogP contribution in [0.5, 0.6) is 0 Å². The molecule has 0 aliphatic carbocycles. The molecule has 0 aromatic heterocycles. The summed E-state index contributed by atoms with van der Waals surface area (Å²) in [5.41, 5.74) is 5.73. The van der Waals surface area contributed by atoms with Gasteiger partial charge < -0.3 is 5.73 Å². The highest BCUT2D eigenvalue weighted by Gasteiger charge is 1.80. The first-order valence-corrected chi connectivity index (χ1v) is 2.39. The molecule has 2 N–H and O–H groups in total. The Hall–Kier alpha value is 0.390. The molecule has 0 rings (SSSR count). The molecule has 2 atom stereocenters. The average Bonchev–Trinajstić information content (AvgIpc) is 1.38. The van der Waals surface area contributed by atoms with Crippen LogP contribution in [0, 0.1) is 0 Å². The number of hydrogen-bond donors (Lipinski definition) is 1.